The first-order valence-corrected chi connectivity index (χ1v) is 11.7. The van der Waals surface area contributed by atoms with Crippen molar-refractivity contribution in [1.29, 1.82) is 0 Å². The highest BCUT2D eigenvalue weighted by molar-refractivity contribution is 6.08. The summed E-state index contributed by atoms with van der Waals surface area (Å²) >= 11 is 0. The predicted molar refractivity (Wildman–Crippen MR) is 133 cm³/mol. The Balaban J connectivity index is 1.47. The molecule has 190 valence electrons. The van der Waals surface area contributed by atoms with Gasteiger partial charge in [0.25, 0.3) is 5.91 Å². The molecule has 0 unspecified atom stereocenters. The summed E-state index contributed by atoms with van der Waals surface area (Å²) < 4.78 is 41.7. The van der Waals surface area contributed by atoms with Crippen LogP contribution in [-0.4, -0.2) is 67.6 Å². The molecule has 2 amide bonds. The second-order valence-electron chi connectivity index (χ2n) is 8.94. The second kappa shape index (κ2) is 11.0. The minimum atomic E-state index is -4.54. The van der Waals surface area contributed by atoms with Crippen LogP contribution in [0.3, 0.4) is 0 Å². The maximum Gasteiger partial charge on any atom is 0.416 e. The van der Waals surface area contributed by atoms with Crippen LogP contribution >= 0.6 is 0 Å². The third-order valence-corrected chi connectivity index (χ3v) is 6.23. The van der Waals surface area contributed by atoms with Gasteiger partial charge in [0.1, 0.15) is 0 Å². The van der Waals surface area contributed by atoms with Crippen molar-refractivity contribution >= 4 is 29.4 Å². The monoisotopic (exact) mass is 499 g/mol. The summed E-state index contributed by atoms with van der Waals surface area (Å²) in [6.45, 7) is 3.58. The van der Waals surface area contributed by atoms with Gasteiger partial charge in [0.15, 0.2) is 0 Å². The standard InChI is InChI=1S/C26H28F3N5O2/c1-33-10-12-34(13-11-33)17-19-7-8-20(14-22(19)26(27,28)29)32-25(36)21-4-2-3-5-23(21)30-15-18-6-9-24(35)31-16-18/h2-8,14,16,30H,9-13,15,17H2,1H3,(H,32,36). The van der Waals surface area contributed by atoms with Crippen molar-refractivity contribution in [3.63, 3.8) is 0 Å². The van der Waals surface area contributed by atoms with Crippen LogP contribution in [0.5, 0.6) is 0 Å². The number of carbonyl (C=O) groups excluding carboxylic acids is 2. The summed E-state index contributed by atoms with van der Waals surface area (Å²) in [5, 5.41) is 5.74. The van der Waals surface area contributed by atoms with Gasteiger partial charge in [0, 0.05) is 63.3 Å². The first-order chi connectivity index (χ1) is 17.2. The summed E-state index contributed by atoms with van der Waals surface area (Å²) in [5.74, 6) is -0.745. The van der Waals surface area contributed by atoms with Crippen molar-refractivity contribution in [1.82, 2.24) is 9.80 Å². The van der Waals surface area contributed by atoms with Crippen LogP contribution < -0.4 is 10.6 Å². The lowest BCUT2D eigenvalue weighted by Gasteiger charge is -2.33. The van der Waals surface area contributed by atoms with Gasteiger partial charge in [-0.2, -0.15) is 13.2 Å². The molecule has 1 fully saturated rings. The topological polar surface area (TPSA) is 77.0 Å². The van der Waals surface area contributed by atoms with Crippen LogP contribution in [0, 0.1) is 0 Å². The van der Waals surface area contributed by atoms with E-state index in [1.54, 1.807) is 30.3 Å². The number of piperazine rings is 1. The number of nitrogens with zero attached hydrogens (tertiary/aromatic N) is 3. The maximum atomic E-state index is 13.9. The third kappa shape index (κ3) is 6.58. The number of alkyl halides is 3. The molecule has 4 rings (SSSR count). The second-order valence-corrected chi connectivity index (χ2v) is 8.94. The Morgan fingerprint density at radius 1 is 1.08 bits per heavy atom. The van der Waals surface area contributed by atoms with Gasteiger partial charge in [-0.25, -0.2) is 4.99 Å². The lowest BCUT2D eigenvalue weighted by Crippen LogP contribution is -2.44. The van der Waals surface area contributed by atoms with E-state index in [-0.39, 0.29) is 35.7 Å². The molecule has 2 aromatic carbocycles. The lowest BCUT2D eigenvalue weighted by atomic mass is 10.0. The molecule has 1 saturated heterocycles. The SMILES string of the molecule is CN1CCN(Cc2ccc(NC(=O)c3ccccc3NCC3=CCC(=O)N=C3)cc2C(F)(F)F)CC1. The van der Waals surface area contributed by atoms with Gasteiger partial charge in [0.2, 0.25) is 5.91 Å². The normalized spacial score (nSPS) is 17.1. The molecule has 0 aromatic heterocycles. The minimum absolute atomic E-state index is 0.0740. The average molecular weight is 500 g/mol. The Hall–Kier alpha value is -3.50. The molecule has 0 radical (unpaired) electrons. The van der Waals surface area contributed by atoms with Crippen molar-refractivity contribution in [2.75, 3.05) is 50.4 Å². The fourth-order valence-electron chi connectivity index (χ4n) is 4.13. The fourth-order valence-corrected chi connectivity index (χ4v) is 4.13. The van der Waals surface area contributed by atoms with Crippen LogP contribution in [0.15, 0.2) is 59.1 Å². The maximum absolute atomic E-state index is 13.9. The molecule has 0 aliphatic carbocycles. The lowest BCUT2D eigenvalue weighted by molar-refractivity contribution is -0.138. The Morgan fingerprint density at radius 3 is 2.53 bits per heavy atom. The van der Waals surface area contributed by atoms with Crippen molar-refractivity contribution in [2.45, 2.75) is 19.1 Å². The molecule has 2 aliphatic rings. The molecule has 0 atom stereocenters. The van der Waals surface area contributed by atoms with Crippen LogP contribution in [0.25, 0.3) is 0 Å². The highest BCUT2D eigenvalue weighted by Gasteiger charge is 2.34. The molecule has 0 spiro atoms. The molecule has 10 heteroatoms. The number of nitrogens with one attached hydrogen (secondary N) is 2. The molecule has 2 aliphatic heterocycles. The number of rotatable bonds is 7. The molecule has 0 saturated carbocycles. The van der Waals surface area contributed by atoms with Gasteiger partial charge in [-0.05, 0) is 42.4 Å². The molecule has 0 bridgehead atoms. The van der Waals surface area contributed by atoms with Gasteiger partial charge in [0.05, 0.1) is 11.1 Å². The molecule has 36 heavy (non-hydrogen) atoms. The van der Waals surface area contributed by atoms with E-state index in [0.29, 0.717) is 25.3 Å². The summed E-state index contributed by atoms with van der Waals surface area (Å²) in [4.78, 5) is 32.1. The summed E-state index contributed by atoms with van der Waals surface area (Å²) in [5.41, 5.74) is 1.12. The van der Waals surface area contributed by atoms with Crippen molar-refractivity contribution in [2.24, 2.45) is 4.99 Å². The molecule has 2 aromatic rings. The molecular formula is C26H28F3N5O2. The number of aliphatic imine (C=N–C) groups is 1. The van der Waals surface area contributed by atoms with E-state index in [4.69, 9.17) is 0 Å². The van der Waals surface area contributed by atoms with E-state index in [0.717, 1.165) is 24.7 Å². The van der Waals surface area contributed by atoms with Crippen molar-refractivity contribution in [3.8, 4) is 0 Å². The molecule has 2 N–H and O–H groups in total. The number of dihydropyridines is 1. The first kappa shape index (κ1) is 25.6. The van der Waals surface area contributed by atoms with E-state index in [9.17, 15) is 22.8 Å². The van der Waals surface area contributed by atoms with Crippen molar-refractivity contribution in [3.05, 3.63) is 70.8 Å². The zero-order chi connectivity index (χ0) is 25.7. The molecule has 2 heterocycles. The average Bonchev–Trinajstić information content (AvgIpc) is 2.85. The summed E-state index contributed by atoms with van der Waals surface area (Å²) in [6, 6.07) is 10.7. The number of carbonyl (C=O) groups is 2. The smallest absolute Gasteiger partial charge is 0.380 e. The number of benzene rings is 2. The van der Waals surface area contributed by atoms with E-state index in [1.165, 1.54) is 18.3 Å². The minimum Gasteiger partial charge on any atom is -0.380 e. The number of anilines is 2. The van der Waals surface area contributed by atoms with E-state index in [2.05, 4.69) is 20.5 Å². The van der Waals surface area contributed by atoms with Gasteiger partial charge < -0.3 is 15.5 Å². The number of hydrogen-bond acceptors (Lipinski definition) is 5. The highest BCUT2D eigenvalue weighted by Crippen LogP contribution is 2.35. The van der Waals surface area contributed by atoms with Gasteiger partial charge in [-0.15, -0.1) is 0 Å². The van der Waals surface area contributed by atoms with Crippen molar-refractivity contribution < 1.29 is 22.8 Å². The Labute approximate surface area is 207 Å². The molecule has 7 nitrogen and oxygen atoms in total. The number of likely N-dealkylation sites (N-methyl/N-ethyl adjacent to an activating group) is 1. The quantitative estimate of drug-likeness (QED) is 0.601. The van der Waals surface area contributed by atoms with Crippen LogP contribution in [-0.2, 0) is 17.5 Å². The zero-order valence-electron chi connectivity index (χ0n) is 19.9. The third-order valence-electron chi connectivity index (χ3n) is 6.23. The summed E-state index contributed by atoms with van der Waals surface area (Å²) in [6.07, 6.45) is -1.09. The number of halogens is 3. The Morgan fingerprint density at radius 2 is 1.83 bits per heavy atom. The summed E-state index contributed by atoms with van der Waals surface area (Å²) in [7, 11) is 1.99. The number of amides is 2. The van der Waals surface area contributed by atoms with Crippen LogP contribution in [0.4, 0.5) is 24.5 Å². The Kier molecular flexibility index (Phi) is 7.85. The largest absolute Gasteiger partial charge is 0.416 e. The van der Waals surface area contributed by atoms with Gasteiger partial charge >= 0.3 is 6.18 Å². The van der Waals surface area contributed by atoms with Gasteiger partial charge in [-0.1, -0.05) is 24.3 Å². The van der Waals surface area contributed by atoms with E-state index < -0.39 is 17.6 Å². The predicted octanol–water partition coefficient (Wildman–Crippen LogP) is 4.04. The fraction of sp³-hybridized carbons (Fsp3) is 0.346. The van der Waals surface area contributed by atoms with Gasteiger partial charge in [-0.3, -0.25) is 14.5 Å². The van der Waals surface area contributed by atoms with Crippen LogP contribution in [0.1, 0.15) is 27.9 Å². The Bertz CT molecular complexity index is 1180. The molecular weight excluding hydrogens is 471 g/mol. The highest BCUT2D eigenvalue weighted by atomic mass is 19.4. The van der Waals surface area contributed by atoms with E-state index in [1.807, 2.05) is 11.9 Å². The number of hydrogen-bond donors (Lipinski definition) is 2. The first-order valence-electron chi connectivity index (χ1n) is 11.7. The zero-order valence-corrected chi connectivity index (χ0v) is 19.9. The number of para-hydroxylation sites is 1. The van der Waals surface area contributed by atoms with Crippen LogP contribution in [0.2, 0.25) is 0 Å². The van der Waals surface area contributed by atoms with E-state index >= 15 is 0 Å².